The molecule has 1 heterocycles. The Kier molecular flexibility index (Phi) is 4.12. The Balaban J connectivity index is 2.05. The minimum absolute atomic E-state index is 0.129. The van der Waals surface area contributed by atoms with Crippen molar-refractivity contribution in [3.05, 3.63) is 59.7 Å². The predicted molar refractivity (Wildman–Crippen MR) is 91.1 cm³/mol. The molecule has 2 aromatic carbocycles. The van der Waals surface area contributed by atoms with Crippen molar-refractivity contribution in [3.63, 3.8) is 0 Å². The standard InChI is InChI=1S/C18H19N3O3/c1-23-14-9-8-12(10-15(14)24-2)11-18(13-6-4-3-5-7-13)16(22)20-17(19)21-18/h3-10H,11H2,1-2H3,(H3,19,20,21,22)/t18-/m0/s1. The van der Waals surface area contributed by atoms with E-state index in [4.69, 9.17) is 15.2 Å². The molecule has 0 radical (unpaired) electrons. The molecule has 0 bridgehead atoms. The molecule has 1 amide bonds. The average Bonchev–Trinajstić information content (AvgIpc) is 2.90. The molecule has 24 heavy (non-hydrogen) atoms. The van der Waals surface area contributed by atoms with Crippen molar-refractivity contribution in [3.8, 4) is 11.5 Å². The fourth-order valence-corrected chi connectivity index (χ4v) is 2.92. The van der Waals surface area contributed by atoms with Crippen LogP contribution in [0.1, 0.15) is 11.1 Å². The number of guanidine groups is 1. The number of nitrogens with one attached hydrogen (secondary N) is 1. The summed E-state index contributed by atoms with van der Waals surface area (Å²) in [6.07, 6.45) is 0.365. The molecule has 1 atom stereocenters. The van der Waals surface area contributed by atoms with Crippen LogP contribution in [0.3, 0.4) is 0 Å². The molecule has 6 nitrogen and oxygen atoms in total. The maximum atomic E-state index is 12.6. The molecule has 0 unspecified atom stereocenters. The summed E-state index contributed by atoms with van der Waals surface area (Å²) in [5, 5.41) is 2.61. The minimum atomic E-state index is -1.08. The lowest BCUT2D eigenvalue weighted by molar-refractivity contribution is -0.124. The number of carbonyl (C=O) groups excluding carboxylic acids is 1. The van der Waals surface area contributed by atoms with E-state index in [1.807, 2.05) is 48.5 Å². The highest BCUT2D eigenvalue weighted by Gasteiger charge is 2.44. The molecular weight excluding hydrogens is 306 g/mol. The second-order valence-electron chi connectivity index (χ2n) is 5.54. The summed E-state index contributed by atoms with van der Waals surface area (Å²) in [6, 6.07) is 15.0. The number of amides is 1. The number of ether oxygens (including phenoxy) is 2. The van der Waals surface area contributed by atoms with Gasteiger partial charge in [0.2, 0.25) is 0 Å². The smallest absolute Gasteiger partial charge is 0.259 e. The summed E-state index contributed by atoms with van der Waals surface area (Å²) in [6.45, 7) is 0. The van der Waals surface area contributed by atoms with Gasteiger partial charge in [-0.1, -0.05) is 36.4 Å². The van der Waals surface area contributed by atoms with Crippen LogP contribution in [0.4, 0.5) is 0 Å². The third-order valence-electron chi connectivity index (χ3n) is 4.09. The van der Waals surface area contributed by atoms with Crippen LogP contribution >= 0.6 is 0 Å². The summed E-state index contributed by atoms with van der Waals surface area (Å²) >= 11 is 0. The van der Waals surface area contributed by atoms with Crippen molar-refractivity contribution >= 4 is 11.9 Å². The number of nitrogens with zero attached hydrogens (tertiary/aromatic N) is 1. The van der Waals surface area contributed by atoms with Gasteiger partial charge in [0.15, 0.2) is 23.0 Å². The van der Waals surface area contributed by atoms with E-state index in [2.05, 4.69) is 10.3 Å². The molecule has 0 saturated heterocycles. The highest BCUT2D eigenvalue weighted by Crippen LogP contribution is 2.35. The molecule has 0 saturated carbocycles. The van der Waals surface area contributed by atoms with E-state index in [1.165, 1.54) is 0 Å². The van der Waals surface area contributed by atoms with Gasteiger partial charge in [0, 0.05) is 6.42 Å². The van der Waals surface area contributed by atoms with Gasteiger partial charge in [-0.2, -0.15) is 0 Å². The third-order valence-corrected chi connectivity index (χ3v) is 4.09. The summed E-state index contributed by atoms with van der Waals surface area (Å²) in [4.78, 5) is 17.1. The van der Waals surface area contributed by atoms with E-state index in [9.17, 15) is 4.79 Å². The number of carbonyl (C=O) groups is 1. The van der Waals surface area contributed by atoms with Crippen LogP contribution in [0.25, 0.3) is 0 Å². The number of rotatable bonds is 5. The number of hydrogen-bond donors (Lipinski definition) is 2. The monoisotopic (exact) mass is 325 g/mol. The van der Waals surface area contributed by atoms with E-state index in [-0.39, 0.29) is 11.9 Å². The molecule has 0 aliphatic carbocycles. The lowest BCUT2D eigenvalue weighted by atomic mass is 9.84. The first kappa shape index (κ1) is 15.9. The molecular formula is C18H19N3O3. The molecule has 3 rings (SSSR count). The van der Waals surface area contributed by atoms with E-state index in [0.29, 0.717) is 17.9 Å². The van der Waals surface area contributed by atoms with Crippen molar-refractivity contribution in [1.29, 1.82) is 0 Å². The van der Waals surface area contributed by atoms with Crippen molar-refractivity contribution in [2.45, 2.75) is 12.0 Å². The Hall–Kier alpha value is -3.02. The van der Waals surface area contributed by atoms with Crippen LogP contribution in [0.2, 0.25) is 0 Å². The lowest BCUT2D eigenvalue weighted by Crippen LogP contribution is -2.40. The van der Waals surface area contributed by atoms with Gasteiger partial charge < -0.3 is 15.2 Å². The first-order chi connectivity index (χ1) is 11.6. The zero-order valence-electron chi connectivity index (χ0n) is 13.6. The molecule has 0 fully saturated rings. The predicted octanol–water partition coefficient (Wildman–Crippen LogP) is 1.59. The summed E-state index contributed by atoms with van der Waals surface area (Å²) in [5.74, 6) is 1.13. The van der Waals surface area contributed by atoms with Crippen LogP contribution < -0.4 is 20.5 Å². The van der Waals surface area contributed by atoms with E-state index < -0.39 is 5.54 Å². The maximum Gasteiger partial charge on any atom is 0.259 e. The Labute approximate surface area is 140 Å². The molecule has 1 aliphatic rings. The molecule has 1 aliphatic heterocycles. The number of methoxy groups -OCH3 is 2. The largest absolute Gasteiger partial charge is 0.493 e. The van der Waals surface area contributed by atoms with Crippen LogP contribution in [0.15, 0.2) is 53.5 Å². The molecule has 6 heteroatoms. The SMILES string of the molecule is COc1ccc(C[C@@]2(c3ccccc3)N=C(N)NC2=O)cc1OC. The highest BCUT2D eigenvalue weighted by molar-refractivity contribution is 6.07. The summed E-state index contributed by atoms with van der Waals surface area (Å²) in [7, 11) is 3.16. The van der Waals surface area contributed by atoms with Gasteiger partial charge in [0.25, 0.3) is 5.91 Å². The third kappa shape index (κ3) is 2.67. The number of aliphatic imine (C=N–C) groups is 1. The second kappa shape index (κ2) is 6.23. The minimum Gasteiger partial charge on any atom is -0.493 e. The van der Waals surface area contributed by atoms with Gasteiger partial charge in [0.1, 0.15) is 0 Å². The van der Waals surface area contributed by atoms with Gasteiger partial charge in [-0.25, -0.2) is 4.99 Å². The van der Waals surface area contributed by atoms with Crippen molar-refractivity contribution < 1.29 is 14.3 Å². The zero-order valence-corrected chi connectivity index (χ0v) is 13.6. The summed E-state index contributed by atoms with van der Waals surface area (Å²) < 4.78 is 10.6. The maximum absolute atomic E-state index is 12.6. The first-order valence-corrected chi connectivity index (χ1v) is 7.52. The molecule has 124 valence electrons. The van der Waals surface area contributed by atoms with Gasteiger partial charge in [0.05, 0.1) is 14.2 Å². The number of hydrogen-bond acceptors (Lipinski definition) is 5. The van der Waals surface area contributed by atoms with Crippen molar-refractivity contribution in [1.82, 2.24) is 5.32 Å². The van der Waals surface area contributed by atoms with Gasteiger partial charge in [-0.3, -0.25) is 10.1 Å². The molecule has 2 aromatic rings. The second-order valence-corrected chi connectivity index (χ2v) is 5.54. The Morgan fingerprint density at radius 3 is 2.38 bits per heavy atom. The Bertz CT molecular complexity index is 789. The van der Waals surface area contributed by atoms with Crippen LogP contribution in [-0.4, -0.2) is 26.1 Å². The van der Waals surface area contributed by atoms with Crippen LogP contribution in [-0.2, 0) is 16.8 Å². The Morgan fingerprint density at radius 2 is 1.79 bits per heavy atom. The van der Waals surface area contributed by atoms with Gasteiger partial charge in [-0.05, 0) is 23.3 Å². The summed E-state index contributed by atoms with van der Waals surface area (Å²) in [5.41, 5.74) is 6.37. The van der Waals surface area contributed by atoms with Gasteiger partial charge >= 0.3 is 0 Å². The number of nitrogens with two attached hydrogens (primary N) is 1. The van der Waals surface area contributed by atoms with Crippen molar-refractivity contribution in [2.75, 3.05) is 14.2 Å². The topological polar surface area (TPSA) is 85.9 Å². The fraction of sp³-hybridized carbons (Fsp3) is 0.222. The van der Waals surface area contributed by atoms with Crippen LogP contribution in [0, 0.1) is 0 Å². The molecule has 3 N–H and O–H groups in total. The molecule has 0 spiro atoms. The lowest BCUT2D eigenvalue weighted by Gasteiger charge is -2.24. The first-order valence-electron chi connectivity index (χ1n) is 7.52. The highest BCUT2D eigenvalue weighted by atomic mass is 16.5. The fourth-order valence-electron chi connectivity index (χ4n) is 2.92. The average molecular weight is 325 g/mol. The van der Waals surface area contributed by atoms with Crippen LogP contribution in [0.5, 0.6) is 11.5 Å². The van der Waals surface area contributed by atoms with E-state index in [1.54, 1.807) is 14.2 Å². The van der Waals surface area contributed by atoms with E-state index >= 15 is 0 Å². The number of benzene rings is 2. The Morgan fingerprint density at radius 1 is 1.08 bits per heavy atom. The quantitative estimate of drug-likeness (QED) is 0.874. The molecule has 0 aromatic heterocycles. The zero-order chi connectivity index (χ0) is 17.2. The van der Waals surface area contributed by atoms with E-state index in [0.717, 1.165) is 11.1 Å². The van der Waals surface area contributed by atoms with Gasteiger partial charge in [-0.15, -0.1) is 0 Å². The van der Waals surface area contributed by atoms with Crippen molar-refractivity contribution in [2.24, 2.45) is 10.7 Å². The normalized spacial score (nSPS) is 19.6.